The number of unbranched alkanes of at least 4 members (excludes halogenated alkanes) is 18. The fraction of sp³-hybridized carbons (Fsp3) is 0.598. The predicted molar refractivity (Wildman–Crippen MR) is 522 cm³/mol. The second-order valence-electron chi connectivity index (χ2n) is 32.7. The average molecular weight is 1840 g/mol. The molecule has 0 fully saturated rings. The van der Waals surface area contributed by atoms with Crippen LogP contribution in [-0.4, -0.2) is 129 Å². The third-order valence-electron chi connectivity index (χ3n) is 23.0. The highest BCUT2D eigenvalue weighted by molar-refractivity contribution is 7.76. The number of carbonyl (C=O) groups is 1. The Labute approximate surface area is 756 Å². The first kappa shape index (κ1) is 123. The van der Waals surface area contributed by atoms with Crippen LogP contribution in [0.4, 0.5) is 0 Å². The molecule has 0 aliphatic carbocycles. The van der Waals surface area contributed by atoms with Gasteiger partial charge in [0, 0.05) is 43.0 Å². The van der Waals surface area contributed by atoms with Crippen LogP contribution in [-0.2, 0) is 40.3 Å². The van der Waals surface area contributed by atoms with Crippen LogP contribution in [0.15, 0.2) is 166 Å². The number of carbonyl (C=O) groups excluding carboxylic acids is 1. The van der Waals surface area contributed by atoms with Gasteiger partial charge in [-0.25, -0.2) is 4.79 Å². The van der Waals surface area contributed by atoms with Gasteiger partial charge in [-0.3, -0.25) is 0 Å². The van der Waals surface area contributed by atoms with Crippen LogP contribution in [0.25, 0.3) is 24.3 Å². The van der Waals surface area contributed by atoms with Crippen molar-refractivity contribution in [2.24, 2.45) is 0 Å². The summed E-state index contributed by atoms with van der Waals surface area (Å²) < 4.78 is 4.85. The van der Waals surface area contributed by atoms with E-state index in [4.69, 9.17) is 14.9 Å². The van der Waals surface area contributed by atoms with Crippen molar-refractivity contribution < 1.29 is 86.4 Å². The fourth-order valence-corrected chi connectivity index (χ4v) is 36.9. The Bertz CT molecular complexity index is 3030. The molecule has 0 aliphatic heterocycles. The standard InChI is InChI=1S/C33H60P.C20H26P.C18H30P.C17H34O2P.C14H22O2P.BrH.4ClH/c1-5-9-12-15-18-21-28-34(29-22-19-16-13-10-6-2,30-23-20-17-14-11-7-3)31-33-26-24-32(8-4)25-27-33;1-4-18-12-14-20(15-13-18)17-21(5-2,6-3)16-19-10-8-7-9-11-19;1-5-13-19(14-6-2,15-7-3)16-18-11-9-17(8-4)10-12-18;1-6-9-12-20(13-10-7-2,14-11-8-3)15-16(4)17(18)19-5;1-3-13-4-6-14(7-5-13)12-17(2,10-8-15)11-9-16;;;;;/h8,24-27H,4-7,9-23,28-31H2,1-3H3;4,7-15H,1,5-6,16-17H2,2-3H3;8-12H,4-7,13-16H2,1-3H3;4,6-15H2,1-3,5H3;3-7,15-16H,1,8-12H2,2H3;5*1H/q5*+1;;;;;/p-5. The number of ether oxygens (including phenoxy) is 1. The van der Waals surface area contributed by atoms with Gasteiger partial charge in [-0.1, -0.05) is 343 Å². The van der Waals surface area contributed by atoms with E-state index < -0.39 is 36.3 Å². The minimum Gasteiger partial charge on any atom is -1.00 e. The lowest BCUT2D eigenvalue weighted by atomic mass is 10.1. The van der Waals surface area contributed by atoms with E-state index >= 15 is 0 Å². The number of esters is 1. The largest absolute Gasteiger partial charge is 1.00 e. The quantitative estimate of drug-likeness (QED) is 0.0176. The van der Waals surface area contributed by atoms with Gasteiger partial charge in [0.2, 0.25) is 0 Å². The van der Waals surface area contributed by atoms with E-state index in [0.29, 0.717) is 5.57 Å². The molecule has 0 radical (unpaired) electrons. The maximum atomic E-state index is 11.7. The normalized spacial score (nSPS) is 11.0. The number of hydrogen-bond donors (Lipinski definition) is 2. The van der Waals surface area contributed by atoms with Gasteiger partial charge in [0.1, 0.15) is 0 Å². The molecular formula is C102H172BrCl4O4P5. The Balaban J connectivity index is -0.000000448. The first-order chi connectivity index (χ1) is 53.8. The van der Waals surface area contributed by atoms with Crippen molar-refractivity contribution in [1.29, 1.82) is 0 Å². The Hall–Kier alpha value is -2.02. The summed E-state index contributed by atoms with van der Waals surface area (Å²) in [5.41, 5.74) is 12.9. The van der Waals surface area contributed by atoms with Crippen LogP contribution in [0.5, 0.6) is 0 Å². The van der Waals surface area contributed by atoms with Gasteiger partial charge in [-0.15, -0.1) is 0 Å². The van der Waals surface area contributed by atoms with Gasteiger partial charge >= 0.3 is 5.97 Å². The van der Waals surface area contributed by atoms with Gasteiger partial charge < -0.3 is 81.6 Å². The molecule has 0 aliphatic rings. The number of aliphatic hydroxyl groups is 2. The van der Waals surface area contributed by atoms with Crippen LogP contribution in [0, 0.1) is 0 Å². The number of benzene rings is 5. The number of rotatable bonds is 59. The molecule has 0 unspecified atom stereocenters. The molecule has 14 heteroatoms. The van der Waals surface area contributed by atoms with E-state index in [1.807, 2.05) is 24.3 Å². The Kier molecular flexibility index (Phi) is 82.1. The van der Waals surface area contributed by atoms with Crippen LogP contribution >= 0.6 is 36.3 Å². The SMILES string of the molecule is C=C(C[P+](CCCC)(CCCC)CCCC)C(=O)OC.C=Cc1ccc(C[P+](C)(CCO)CCO)cc1.C=Cc1ccc(C[P+](CC)(CC)Cc2ccccc2)cc1.C=Cc1ccc(C[P+](CCC)(CCC)CCC)cc1.C=Cc1ccc(C[P+](CCCCCCCC)(CCCCCCCC)CCCCCCCC)cc1.[Br-].[Cl-].[Cl-].[Cl-].[Cl-]. The smallest absolute Gasteiger partial charge is 0.336 e. The minimum absolute atomic E-state index is 0. The van der Waals surface area contributed by atoms with Crippen molar-refractivity contribution in [1.82, 2.24) is 0 Å². The third-order valence-corrected chi connectivity index (χ3v) is 46.3. The van der Waals surface area contributed by atoms with E-state index in [0.717, 1.165) is 30.2 Å². The highest BCUT2D eigenvalue weighted by Gasteiger charge is 2.40. The molecule has 0 aromatic heterocycles. The zero-order chi connectivity index (χ0) is 82.2. The van der Waals surface area contributed by atoms with Crippen LogP contribution in [0.1, 0.15) is 300 Å². The molecule has 5 rings (SSSR count). The van der Waals surface area contributed by atoms with Gasteiger partial charge in [0.05, 0.1) is 143 Å². The summed E-state index contributed by atoms with van der Waals surface area (Å²) in [5.74, 6) is -0.209. The molecule has 116 heavy (non-hydrogen) atoms. The Morgan fingerprint density at radius 1 is 0.319 bits per heavy atom. The summed E-state index contributed by atoms with van der Waals surface area (Å²) >= 11 is 0. The number of halogens is 5. The van der Waals surface area contributed by atoms with Crippen LogP contribution in [0.3, 0.4) is 0 Å². The fourth-order valence-electron chi connectivity index (χ4n) is 16.0. The zero-order valence-corrected chi connectivity index (χ0v) is 85.3. The van der Waals surface area contributed by atoms with Crippen molar-refractivity contribution in [3.05, 3.63) is 216 Å². The van der Waals surface area contributed by atoms with Crippen LogP contribution in [0.2, 0.25) is 0 Å². The molecule has 0 spiro atoms. The summed E-state index contributed by atoms with van der Waals surface area (Å²) in [6.07, 6.45) is 69.6. The second-order valence-corrected chi connectivity index (χ2v) is 54.8. The zero-order valence-electron chi connectivity index (χ0n) is 76.2. The van der Waals surface area contributed by atoms with Gasteiger partial charge in [0.25, 0.3) is 0 Å². The molecule has 0 amide bonds. The monoisotopic (exact) mass is 1830 g/mol. The summed E-state index contributed by atoms with van der Waals surface area (Å²) in [6.45, 7) is 47.5. The van der Waals surface area contributed by atoms with Crippen molar-refractivity contribution in [3.8, 4) is 0 Å². The molecular weight excluding hydrogens is 1670 g/mol. The van der Waals surface area contributed by atoms with Gasteiger partial charge in [-0.05, 0) is 141 Å². The van der Waals surface area contributed by atoms with Crippen molar-refractivity contribution in [3.63, 3.8) is 0 Å². The molecule has 664 valence electrons. The highest BCUT2D eigenvalue weighted by atomic mass is 79.9. The molecule has 2 N–H and O–H groups in total. The van der Waals surface area contributed by atoms with Crippen molar-refractivity contribution >= 4 is 66.6 Å². The molecule has 0 heterocycles. The average Bonchev–Trinajstić information content (AvgIpc) is 0.861. The van der Waals surface area contributed by atoms with E-state index in [1.54, 1.807) is 24.0 Å². The topological polar surface area (TPSA) is 66.8 Å². The summed E-state index contributed by atoms with van der Waals surface area (Å²) in [4.78, 5) is 11.7. The lowest BCUT2D eigenvalue weighted by Crippen LogP contribution is -3.00. The first-order valence-electron chi connectivity index (χ1n) is 44.9. The molecule has 0 saturated heterocycles. The first-order valence-corrected chi connectivity index (χ1v) is 57.8. The van der Waals surface area contributed by atoms with Gasteiger partial charge in [-0.2, -0.15) is 0 Å². The molecule has 5 aromatic carbocycles. The molecule has 5 aromatic rings. The lowest BCUT2D eigenvalue weighted by molar-refractivity contribution is -0.136. The highest BCUT2D eigenvalue weighted by Crippen LogP contribution is 2.66. The summed E-state index contributed by atoms with van der Waals surface area (Å²) in [6, 6.07) is 46.7. The van der Waals surface area contributed by atoms with Crippen molar-refractivity contribution in [2.45, 2.75) is 280 Å². The lowest BCUT2D eigenvalue weighted by Gasteiger charge is -2.29. The maximum absolute atomic E-state index is 11.7. The molecule has 0 bridgehead atoms. The van der Waals surface area contributed by atoms with Crippen molar-refractivity contribution in [2.75, 3.05) is 113 Å². The Morgan fingerprint density at radius 3 is 0.828 bits per heavy atom. The number of methoxy groups -OCH3 is 1. The summed E-state index contributed by atoms with van der Waals surface area (Å²) in [7, 11) is -3.51. The van der Waals surface area contributed by atoms with Gasteiger partial charge in [0.15, 0.2) is 0 Å². The Morgan fingerprint density at radius 2 is 0.569 bits per heavy atom. The van der Waals surface area contributed by atoms with E-state index in [1.165, 1.54) is 293 Å². The molecule has 4 nitrogen and oxygen atoms in total. The second kappa shape index (κ2) is 77.8. The van der Waals surface area contributed by atoms with E-state index in [-0.39, 0.29) is 85.8 Å². The third kappa shape index (κ3) is 55.3. The number of hydrogen-bond acceptors (Lipinski definition) is 4. The minimum atomic E-state index is -1.24. The predicted octanol–water partition coefficient (Wildman–Crippen LogP) is 16.7. The number of aliphatic hydroxyl groups excluding tert-OH is 2. The summed E-state index contributed by atoms with van der Waals surface area (Å²) in [5, 5.41) is 18.2. The van der Waals surface area contributed by atoms with E-state index in [9.17, 15) is 4.79 Å². The maximum Gasteiger partial charge on any atom is 0.336 e. The molecule has 0 saturated carbocycles. The van der Waals surface area contributed by atoms with E-state index in [2.05, 4.69) is 243 Å². The van der Waals surface area contributed by atoms with Crippen LogP contribution < -0.4 is 66.6 Å². The molecule has 0 atom stereocenters.